The van der Waals surface area contributed by atoms with Gasteiger partial charge in [0.1, 0.15) is 0 Å². The fourth-order valence-corrected chi connectivity index (χ4v) is 111. The van der Waals surface area contributed by atoms with E-state index in [-0.39, 0.29) is 7.92 Å². The van der Waals surface area contributed by atoms with E-state index in [2.05, 4.69) is 77.9 Å². The van der Waals surface area contributed by atoms with Gasteiger partial charge in [-0.05, 0) is 0 Å². The first-order valence-corrected chi connectivity index (χ1v) is 23.2. The molecule has 2 aromatic rings. The van der Waals surface area contributed by atoms with Crippen molar-refractivity contribution in [2.24, 2.45) is 0 Å². The molecule has 0 radical (unpaired) electrons. The number of rotatable bonds is 6. The summed E-state index contributed by atoms with van der Waals surface area (Å²) in [7, 11) is -0.453. The second-order valence-corrected chi connectivity index (χ2v) is 47.3. The van der Waals surface area contributed by atoms with Gasteiger partial charge in [-0.2, -0.15) is 0 Å². The van der Waals surface area contributed by atoms with Crippen molar-refractivity contribution in [2.75, 3.05) is 12.3 Å². The summed E-state index contributed by atoms with van der Waals surface area (Å²) in [6, 6.07) is 13.3. The molecule has 10 aliphatic rings. The van der Waals surface area contributed by atoms with Crippen LogP contribution in [0.25, 0.3) is 0 Å². The predicted molar refractivity (Wildman–Crippen MR) is 146 cm³/mol. The summed E-state index contributed by atoms with van der Waals surface area (Å²) in [6.45, 7) is 12.0. The Balaban J connectivity index is 1.09. The van der Waals surface area contributed by atoms with E-state index in [0.717, 1.165) is 8.63 Å². The molecule has 0 bridgehead atoms. The van der Waals surface area contributed by atoms with E-state index in [9.17, 15) is 0 Å². The van der Waals surface area contributed by atoms with Gasteiger partial charge in [-0.3, -0.25) is 0 Å². The van der Waals surface area contributed by atoms with E-state index in [1.165, 1.54) is 55.6 Å². The molecular formula is C30H38FeN2P2. The molecule has 0 saturated carbocycles. The normalized spacial score (nSPS) is 67.3. The predicted octanol–water partition coefficient (Wildman–Crippen LogP) is 8.12. The summed E-state index contributed by atoms with van der Waals surface area (Å²) < 4.78 is 1.76. The van der Waals surface area contributed by atoms with Crippen LogP contribution in [-0.2, 0) is 6.51 Å². The van der Waals surface area contributed by atoms with Crippen LogP contribution in [0.1, 0.15) is 41.5 Å². The molecule has 10 fully saturated rings. The Kier molecular flexibility index (Phi) is 1.42. The summed E-state index contributed by atoms with van der Waals surface area (Å²) in [5.74, 6) is 0. The Bertz CT molecular complexity index is 1700. The zero-order valence-electron chi connectivity index (χ0n) is 21.8. The average molecular weight is 544 g/mol. The van der Waals surface area contributed by atoms with Gasteiger partial charge in [0.2, 0.25) is 0 Å². The molecule has 0 aliphatic carbocycles. The molecule has 0 N–H and O–H groups in total. The van der Waals surface area contributed by atoms with Gasteiger partial charge in [0, 0.05) is 0 Å². The van der Waals surface area contributed by atoms with E-state index in [1.807, 2.05) is 12.4 Å². The molecular weight excluding hydrogens is 506 g/mol. The fourth-order valence-electron chi connectivity index (χ4n) is 21.6. The summed E-state index contributed by atoms with van der Waals surface area (Å²) in [4.78, 5) is 20.9. The monoisotopic (exact) mass is 544 g/mol. The average Bonchev–Trinajstić information content (AvgIpc) is 3.76. The van der Waals surface area contributed by atoms with E-state index in [1.54, 1.807) is 6.16 Å². The van der Waals surface area contributed by atoms with Crippen LogP contribution in [0, 0.1) is 0 Å². The van der Waals surface area contributed by atoms with E-state index in [4.69, 9.17) is 9.97 Å². The van der Waals surface area contributed by atoms with Gasteiger partial charge in [0.15, 0.2) is 0 Å². The molecule has 0 amide bonds. The topological polar surface area (TPSA) is 25.8 Å². The van der Waals surface area contributed by atoms with Crippen molar-refractivity contribution in [2.45, 2.75) is 99.0 Å². The van der Waals surface area contributed by atoms with Gasteiger partial charge in [-0.25, -0.2) is 0 Å². The van der Waals surface area contributed by atoms with Gasteiger partial charge in [0.25, 0.3) is 0 Å². The third-order valence-electron chi connectivity index (χ3n) is 19.8. The number of aromatic nitrogens is 2. The van der Waals surface area contributed by atoms with Crippen LogP contribution in [0.4, 0.5) is 0 Å². The van der Waals surface area contributed by atoms with Gasteiger partial charge in [-0.1, -0.05) is 0 Å². The second-order valence-electron chi connectivity index (χ2n) is 17.9. The SMILES string of the molecule is CC(C)(C)P(C[C]12[CH]3[CH]4[CH]5[C]1(CP(c1ccccn1)c1ccccn1)[Fe]45321678[CH]2[CH]1[CH]6[CH]7[CH]28)C(C)(C)C. The molecule has 0 aromatic carbocycles. The molecule has 5 unspecified atom stereocenters. The molecule has 12 heterocycles. The van der Waals surface area contributed by atoms with Crippen molar-refractivity contribution in [3.63, 3.8) is 0 Å². The molecule has 5 atom stereocenters. The Morgan fingerprint density at radius 2 is 1.14 bits per heavy atom. The molecule has 12 rings (SSSR count). The number of hydrogen-bond acceptors (Lipinski definition) is 2. The maximum atomic E-state index is 5.02. The molecule has 10 saturated heterocycles. The van der Waals surface area contributed by atoms with Crippen LogP contribution in [0.15, 0.2) is 48.8 Å². The standard InChI is InChI=1S/C25H33N2P2.C5H5.Fe/c1-24(2,3)29(25(4,5)6)19-21-13-11-12-20(21)18-28(22-14-7-9-16-26-22)23-15-8-10-17-27-23;1-2-4-5-3-1;/h7-17H,18-19H2,1-6H3;1-5H;. The van der Waals surface area contributed by atoms with Crippen molar-refractivity contribution in [3.8, 4) is 0 Å². The zero-order valence-corrected chi connectivity index (χ0v) is 24.7. The first kappa shape index (κ1) is 18.9. The van der Waals surface area contributed by atoms with Crippen LogP contribution in [0.5, 0.6) is 0 Å². The van der Waals surface area contributed by atoms with Crippen molar-refractivity contribution in [3.05, 3.63) is 48.8 Å². The third kappa shape index (κ3) is 0.455. The van der Waals surface area contributed by atoms with Crippen LogP contribution in [0.3, 0.4) is 0 Å². The van der Waals surface area contributed by atoms with Crippen molar-refractivity contribution >= 4 is 26.7 Å². The molecule has 35 heavy (non-hydrogen) atoms. The third-order valence-corrected chi connectivity index (χ3v) is 70.8. The van der Waals surface area contributed by atoms with Crippen LogP contribution in [0.2, 0.25) is 47.2 Å². The van der Waals surface area contributed by atoms with Crippen molar-refractivity contribution < 1.29 is 6.51 Å². The van der Waals surface area contributed by atoms with Gasteiger partial charge < -0.3 is 0 Å². The van der Waals surface area contributed by atoms with Gasteiger partial charge in [-0.15, -0.1) is 0 Å². The summed E-state index contributed by atoms with van der Waals surface area (Å²) in [5, 5.41) is 0.922. The number of hydrogen-bond donors (Lipinski definition) is 0. The molecule has 2 nitrogen and oxygen atoms in total. The number of pyridine rings is 2. The molecule has 2 aromatic heterocycles. The van der Waals surface area contributed by atoms with Crippen LogP contribution in [-0.4, -0.2) is 32.6 Å². The Morgan fingerprint density at radius 3 is 1.49 bits per heavy atom. The van der Waals surface area contributed by atoms with Crippen molar-refractivity contribution in [1.29, 1.82) is 0 Å². The molecule has 10 aliphatic heterocycles. The summed E-state index contributed by atoms with van der Waals surface area (Å²) in [6.07, 6.45) is 7.25. The fraction of sp³-hybridized carbons (Fsp3) is 0.667. The first-order valence-electron chi connectivity index (χ1n) is 13.9. The second kappa shape index (κ2) is 2.64. The van der Waals surface area contributed by atoms with Gasteiger partial charge in [0.05, 0.1) is 0 Å². The molecule has 1 spiro atoms. The Hall–Kier alpha value is -0.321. The summed E-state index contributed by atoms with van der Waals surface area (Å²) in [5.41, 5.74) is 2.72. The number of fused-ring (bicyclic) bond motifs is 10. The molecule has 186 valence electrons. The molecule has 5 heteroatoms. The Labute approximate surface area is 202 Å². The van der Waals surface area contributed by atoms with E-state index >= 15 is 0 Å². The number of nitrogens with zero attached hydrogens (tertiary/aromatic N) is 2. The zero-order chi connectivity index (χ0) is 23.7. The quantitative estimate of drug-likeness (QED) is 0.271. The van der Waals surface area contributed by atoms with Crippen LogP contribution >= 0.6 is 15.8 Å². The first-order chi connectivity index (χ1) is 16.3. The van der Waals surface area contributed by atoms with E-state index in [0.29, 0.717) is 10.3 Å². The summed E-state index contributed by atoms with van der Waals surface area (Å²) >= 11 is 0. The van der Waals surface area contributed by atoms with Crippen molar-refractivity contribution in [1.82, 2.24) is 9.97 Å². The van der Waals surface area contributed by atoms with Crippen LogP contribution < -0.4 is 10.9 Å². The minimum absolute atomic E-state index is 0.00320. The Morgan fingerprint density at radius 1 is 0.686 bits per heavy atom. The van der Waals surface area contributed by atoms with Gasteiger partial charge >= 0.3 is 203 Å². The van der Waals surface area contributed by atoms with E-state index < -0.39 is 14.4 Å². The minimum atomic E-state index is -3.51. The maximum absolute atomic E-state index is 5.02.